The number of benzene rings is 2. The fraction of sp³-hybridized carbons (Fsp3) is 0.435. The van der Waals surface area contributed by atoms with Gasteiger partial charge in [0.2, 0.25) is 0 Å². The van der Waals surface area contributed by atoms with Crippen molar-refractivity contribution in [2.45, 2.75) is 52.0 Å². The van der Waals surface area contributed by atoms with Gasteiger partial charge in [0.1, 0.15) is 5.75 Å². The molecule has 0 saturated heterocycles. The molecule has 3 nitrogen and oxygen atoms in total. The van der Waals surface area contributed by atoms with E-state index in [-0.39, 0.29) is 5.54 Å². The average molecular weight is 385 g/mol. The van der Waals surface area contributed by atoms with Gasteiger partial charge in [-0.15, -0.1) is 0 Å². The molecule has 0 aromatic heterocycles. The molecular weight excluding hydrogens is 356 g/mol. The summed E-state index contributed by atoms with van der Waals surface area (Å²) in [5.74, 6) is 1.36. The van der Waals surface area contributed by atoms with Gasteiger partial charge in [0.05, 0.1) is 12.8 Å². The van der Waals surface area contributed by atoms with E-state index in [1.165, 1.54) is 11.3 Å². The van der Waals surface area contributed by atoms with Crippen LogP contribution in [0.25, 0.3) is 0 Å². The van der Waals surface area contributed by atoms with Crippen LogP contribution in [0.4, 0.5) is 11.4 Å². The van der Waals surface area contributed by atoms with Gasteiger partial charge in [-0.2, -0.15) is 0 Å². The Balaban J connectivity index is 2.03. The van der Waals surface area contributed by atoms with E-state index in [0.29, 0.717) is 10.9 Å². The second-order valence-electron chi connectivity index (χ2n) is 7.96. The highest BCUT2D eigenvalue weighted by Gasteiger charge is 2.36. The molecule has 1 heterocycles. The highest BCUT2D eigenvalue weighted by atomic mass is 35.5. The smallest absolute Gasteiger partial charge is 0.129 e. The molecule has 2 aromatic carbocycles. The van der Waals surface area contributed by atoms with Crippen molar-refractivity contribution < 1.29 is 4.74 Å². The highest BCUT2D eigenvalue weighted by Crippen LogP contribution is 2.45. The fourth-order valence-electron chi connectivity index (χ4n) is 4.12. The monoisotopic (exact) mass is 384 g/mol. The number of anilines is 1. The van der Waals surface area contributed by atoms with E-state index < -0.39 is 0 Å². The van der Waals surface area contributed by atoms with Crippen LogP contribution in [0.2, 0.25) is 5.02 Å². The van der Waals surface area contributed by atoms with E-state index in [2.05, 4.69) is 49.7 Å². The Morgan fingerprint density at radius 1 is 1.26 bits per heavy atom. The molecule has 1 aliphatic heterocycles. The van der Waals surface area contributed by atoms with Crippen LogP contribution in [0.5, 0.6) is 5.75 Å². The van der Waals surface area contributed by atoms with E-state index in [1.807, 2.05) is 30.5 Å². The first-order valence-corrected chi connectivity index (χ1v) is 10.0. The first-order chi connectivity index (χ1) is 12.9. The van der Waals surface area contributed by atoms with Crippen molar-refractivity contribution >= 4 is 29.2 Å². The van der Waals surface area contributed by atoms with Gasteiger partial charge in [-0.05, 0) is 68.5 Å². The molecule has 27 heavy (non-hydrogen) atoms. The quantitative estimate of drug-likeness (QED) is 0.542. The molecule has 2 aromatic rings. The second-order valence-corrected chi connectivity index (χ2v) is 8.39. The molecule has 0 bridgehead atoms. The number of hydrogen-bond donors (Lipinski definition) is 0. The van der Waals surface area contributed by atoms with E-state index >= 15 is 0 Å². The Bertz CT molecular complexity index is 827. The number of ether oxygens (including phenoxy) is 1. The summed E-state index contributed by atoms with van der Waals surface area (Å²) in [6.07, 6.45) is 4.15. The number of aliphatic imine (C=N–C) groups is 1. The van der Waals surface area contributed by atoms with E-state index in [9.17, 15) is 0 Å². The lowest BCUT2D eigenvalue weighted by Gasteiger charge is -2.47. The van der Waals surface area contributed by atoms with Gasteiger partial charge in [0.15, 0.2) is 0 Å². The Labute approximate surface area is 168 Å². The van der Waals surface area contributed by atoms with Crippen molar-refractivity contribution in [3.05, 3.63) is 52.5 Å². The van der Waals surface area contributed by atoms with Crippen LogP contribution in [-0.2, 0) is 0 Å². The van der Waals surface area contributed by atoms with Crippen LogP contribution >= 0.6 is 11.6 Å². The molecule has 0 radical (unpaired) electrons. The maximum atomic E-state index is 5.96. The van der Waals surface area contributed by atoms with Crippen LogP contribution in [0.1, 0.15) is 57.6 Å². The molecule has 0 aliphatic carbocycles. The van der Waals surface area contributed by atoms with Crippen LogP contribution in [-0.4, -0.2) is 25.4 Å². The number of nitrogens with zero attached hydrogens (tertiary/aromatic N) is 2. The van der Waals surface area contributed by atoms with Crippen molar-refractivity contribution in [1.29, 1.82) is 0 Å². The van der Waals surface area contributed by atoms with Gasteiger partial charge in [0.25, 0.3) is 0 Å². The summed E-state index contributed by atoms with van der Waals surface area (Å²) in [6.45, 7) is 10.3. The molecule has 0 fully saturated rings. The zero-order valence-corrected chi connectivity index (χ0v) is 17.7. The number of methoxy groups -OCH3 is 1. The molecule has 0 N–H and O–H groups in total. The van der Waals surface area contributed by atoms with Crippen LogP contribution in [0.3, 0.4) is 0 Å². The third kappa shape index (κ3) is 4.14. The first-order valence-electron chi connectivity index (χ1n) is 9.65. The predicted octanol–water partition coefficient (Wildman–Crippen LogP) is 6.60. The van der Waals surface area contributed by atoms with Crippen molar-refractivity contribution in [1.82, 2.24) is 0 Å². The molecule has 144 valence electrons. The van der Waals surface area contributed by atoms with Crippen LogP contribution in [0, 0.1) is 0 Å². The average Bonchev–Trinajstić information content (AvgIpc) is 2.63. The van der Waals surface area contributed by atoms with Gasteiger partial charge < -0.3 is 9.64 Å². The highest BCUT2D eigenvalue weighted by molar-refractivity contribution is 6.30. The van der Waals surface area contributed by atoms with E-state index in [1.54, 1.807) is 7.11 Å². The minimum absolute atomic E-state index is 0.145. The Morgan fingerprint density at radius 3 is 2.59 bits per heavy atom. The third-order valence-electron chi connectivity index (χ3n) is 5.36. The Morgan fingerprint density at radius 2 is 1.96 bits per heavy atom. The summed E-state index contributed by atoms with van der Waals surface area (Å²) >= 11 is 5.96. The SMILES string of the molecule is CCCN1c2cc(OC)c(C=Nc3ccc(Cl)cc3)cc2C(C)CC1(C)C. The summed E-state index contributed by atoms with van der Waals surface area (Å²) in [5.41, 5.74) is 4.70. The summed E-state index contributed by atoms with van der Waals surface area (Å²) in [7, 11) is 1.73. The molecular formula is C23H29ClN2O. The minimum Gasteiger partial charge on any atom is -0.496 e. The summed E-state index contributed by atoms with van der Waals surface area (Å²) in [6, 6.07) is 12.0. The molecule has 4 heteroatoms. The van der Waals surface area contributed by atoms with Crippen molar-refractivity contribution in [3.8, 4) is 5.75 Å². The molecule has 0 amide bonds. The molecule has 1 atom stereocenters. The maximum absolute atomic E-state index is 5.96. The van der Waals surface area contributed by atoms with Crippen LogP contribution < -0.4 is 9.64 Å². The Hall–Kier alpha value is -2.00. The normalized spacial score (nSPS) is 18.6. The zero-order chi connectivity index (χ0) is 19.6. The van der Waals surface area contributed by atoms with Gasteiger partial charge in [0, 0.05) is 40.6 Å². The van der Waals surface area contributed by atoms with Crippen molar-refractivity contribution in [2.24, 2.45) is 4.99 Å². The molecule has 1 aliphatic rings. The molecule has 1 unspecified atom stereocenters. The lowest BCUT2D eigenvalue weighted by Crippen LogP contribution is -2.48. The van der Waals surface area contributed by atoms with Crippen LogP contribution in [0.15, 0.2) is 41.4 Å². The topological polar surface area (TPSA) is 24.8 Å². The maximum Gasteiger partial charge on any atom is 0.129 e. The van der Waals surface area contributed by atoms with E-state index in [0.717, 1.165) is 36.4 Å². The number of fused-ring (bicyclic) bond motifs is 1. The van der Waals surface area contributed by atoms with Gasteiger partial charge >= 0.3 is 0 Å². The van der Waals surface area contributed by atoms with Gasteiger partial charge in [-0.25, -0.2) is 0 Å². The largest absolute Gasteiger partial charge is 0.496 e. The van der Waals surface area contributed by atoms with Crippen molar-refractivity contribution in [3.63, 3.8) is 0 Å². The van der Waals surface area contributed by atoms with Gasteiger partial charge in [-0.3, -0.25) is 4.99 Å². The summed E-state index contributed by atoms with van der Waals surface area (Å²) in [4.78, 5) is 7.14. The molecule has 0 spiro atoms. The van der Waals surface area contributed by atoms with Crippen molar-refractivity contribution in [2.75, 3.05) is 18.6 Å². The molecule has 3 rings (SSSR count). The summed E-state index contributed by atoms with van der Waals surface area (Å²) in [5, 5.41) is 0.716. The standard InChI is InChI=1S/C23H29ClN2O/c1-6-11-26-21-13-22(27-5)17(12-20(21)16(2)14-23(26,3)4)15-25-19-9-7-18(24)8-10-19/h7-10,12-13,15-16H,6,11,14H2,1-5H3. The summed E-state index contributed by atoms with van der Waals surface area (Å²) < 4.78 is 5.71. The fourth-order valence-corrected chi connectivity index (χ4v) is 4.25. The number of rotatable bonds is 5. The second kappa shape index (κ2) is 7.93. The van der Waals surface area contributed by atoms with Gasteiger partial charge in [-0.1, -0.05) is 25.4 Å². The van der Waals surface area contributed by atoms with E-state index in [4.69, 9.17) is 16.3 Å². The Kier molecular flexibility index (Phi) is 5.81. The predicted molar refractivity (Wildman–Crippen MR) is 116 cm³/mol. The lowest BCUT2D eigenvalue weighted by molar-refractivity contribution is 0.372. The number of halogens is 1. The first kappa shape index (κ1) is 19.8. The number of hydrogen-bond acceptors (Lipinski definition) is 3. The zero-order valence-electron chi connectivity index (χ0n) is 16.9. The molecule has 0 saturated carbocycles. The minimum atomic E-state index is 0.145. The third-order valence-corrected chi connectivity index (χ3v) is 5.62. The lowest BCUT2D eigenvalue weighted by atomic mass is 9.79.